The van der Waals surface area contributed by atoms with Gasteiger partial charge in [-0.25, -0.2) is 8.42 Å². The van der Waals surface area contributed by atoms with E-state index in [0.717, 1.165) is 31.2 Å². The Morgan fingerprint density at radius 1 is 0.964 bits per heavy atom. The fraction of sp³-hybridized carbons (Fsp3) is 0.600. The van der Waals surface area contributed by atoms with Crippen LogP contribution in [0.15, 0.2) is 29.2 Å². The highest BCUT2D eigenvalue weighted by atomic mass is 32.2. The molecule has 0 aliphatic heterocycles. The van der Waals surface area contributed by atoms with Crippen molar-refractivity contribution in [1.82, 2.24) is 15.4 Å². The van der Waals surface area contributed by atoms with Gasteiger partial charge in [0.2, 0.25) is 21.8 Å². The second-order valence-corrected chi connectivity index (χ2v) is 8.59. The minimum atomic E-state index is -3.86. The van der Waals surface area contributed by atoms with E-state index in [9.17, 15) is 18.0 Å². The van der Waals surface area contributed by atoms with Crippen molar-refractivity contribution in [3.63, 3.8) is 0 Å². The largest absolute Gasteiger partial charge is 0.356 e. The lowest BCUT2D eigenvalue weighted by molar-refractivity contribution is -0.123. The Labute approximate surface area is 168 Å². The summed E-state index contributed by atoms with van der Waals surface area (Å²) in [6.45, 7) is 6.95. The number of nitrogens with one attached hydrogen (secondary N) is 3. The van der Waals surface area contributed by atoms with Crippen molar-refractivity contribution in [2.24, 2.45) is 0 Å². The second kappa shape index (κ2) is 12.5. The summed E-state index contributed by atoms with van der Waals surface area (Å²) in [5.74, 6) is -0.597. The van der Waals surface area contributed by atoms with E-state index in [1.807, 2.05) is 20.8 Å². The number of carbonyl (C=O) groups excluding carboxylic acids is 2. The molecule has 7 nitrogen and oxygen atoms in total. The van der Waals surface area contributed by atoms with Crippen LogP contribution in [-0.4, -0.2) is 39.4 Å². The zero-order chi connectivity index (χ0) is 21.0. The van der Waals surface area contributed by atoms with Crippen LogP contribution in [0.1, 0.15) is 57.9 Å². The Balaban J connectivity index is 2.80. The lowest BCUT2D eigenvalue weighted by Crippen LogP contribution is -2.47. The summed E-state index contributed by atoms with van der Waals surface area (Å²) < 4.78 is 27.8. The molecule has 1 rings (SSSR count). The standard InChI is InChI=1S/C20H33N3O4S/c1-4-6-14-21-19(24)13-12-18(20(25)22-15-7-5-2)23-28(26,27)17-10-8-16(3)9-11-17/h8-11,18,23H,4-7,12-15H2,1-3H3,(H,21,24)(H,22,25)/t18-/m0/s1. The van der Waals surface area contributed by atoms with Crippen LogP contribution < -0.4 is 15.4 Å². The normalized spacial score (nSPS) is 12.4. The number of benzene rings is 1. The molecule has 1 aromatic carbocycles. The van der Waals surface area contributed by atoms with Gasteiger partial charge in [0.15, 0.2) is 0 Å². The van der Waals surface area contributed by atoms with Crippen molar-refractivity contribution >= 4 is 21.8 Å². The summed E-state index contributed by atoms with van der Waals surface area (Å²) in [4.78, 5) is 24.5. The molecule has 0 saturated carbocycles. The van der Waals surface area contributed by atoms with E-state index in [4.69, 9.17) is 0 Å². The quantitative estimate of drug-likeness (QED) is 0.433. The Hall–Kier alpha value is -1.93. The van der Waals surface area contributed by atoms with Gasteiger partial charge in [0.25, 0.3) is 0 Å². The maximum absolute atomic E-state index is 12.7. The van der Waals surface area contributed by atoms with Crippen molar-refractivity contribution in [2.45, 2.75) is 70.2 Å². The first-order chi connectivity index (χ1) is 13.3. The molecule has 8 heteroatoms. The van der Waals surface area contributed by atoms with Gasteiger partial charge >= 0.3 is 0 Å². The average Bonchev–Trinajstić information content (AvgIpc) is 2.65. The van der Waals surface area contributed by atoms with Gasteiger partial charge in [-0.3, -0.25) is 9.59 Å². The Morgan fingerprint density at radius 3 is 2.11 bits per heavy atom. The number of sulfonamides is 1. The van der Waals surface area contributed by atoms with Crippen LogP contribution in [0.25, 0.3) is 0 Å². The van der Waals surface area contributed by atoms with Crippen molar-refractivity contribution in [2.75, 3.05) is 13.1 Å². The molecule has 2 amide bonds. The third-order valence-electron chi connectivity index (χ3n) is 4.29. The lowest BCUT2D eigenvalue weighted by atomic mass is 10.1. The molecule has 0 heterocycles. The minimum absolute atomic E-state index is 0.0754. The summed E-state index contributed by atoms with van der Waals surface area (Å²) in [5, 5.41) is 5.53. The third-order valence-corrected chi connectivity index (χ3v) is 5.77. The first-order valence-electron chi connectivity index (χ1n) is 9.93. The molecule has 3 N–H and O–H groups in total. The van der Waals surface area contributed by atoms with Gasteiger partial charge in [0.05, 0.1) is 4.90 Å². The zero-order valence-corrected chi connectivity index (χ0v) is 17.9. The molecular weight excluding hydrogens is 378 g/mol. The molecule has 1 atom stereocenters. The predicted octanol–water partition coefficient (Wildman–Crippen LogP) is 2.25. The predicted molar refractivity (Wildman–Crippen MR) is 110 cm³/mol. The average molecular weight is 412 g/mol. The van der Waals surface area contributed by atoms with Crippen LogP contribution in [0.4, 0.5) is 0 Å². The van der Waals surface area contributed by atoms with Gasteiger partial charge in [-0.2, -0.15) is 4.72 Å². The number of carbonyl (C=O) groups is 2. The first kappa shape index (κ1) is 24.1. The monoisotopic (exact) mass is 411 g/mol. The molecule has 0 radical (unpaired) electrons. The van der Waals surface area contributed by atoms with Gasteiger partial charge in [-0.1, -0.05) is 44.4 Å². The van der Waals surface area contributed by atoms with E-state index in [1.165, 1.54) is 12.1 Å². The molecule has 1 aromatic rings. The zero-order valence-electron chi connectivity index (χ0n) is 17.1. The number of amides is 2. The van der Waals surface area contributed by atoms with Crippen LogP contribution in [0, 0.1) is 6.92 Å². The molecule has 0 aliphatic carbocycles. The van der Waals surface area contributed by atoms with Crippen molar-refractivity contribution < 1.29 is 18.0 Å². The highest BCUT2D eigenvalue weighted by Gasteiger charge is 2.26. The molecule has 0 bridgehead atoms. The number of aryl methyl sites for hydroxylation is 1. The number of hydrogen-bond acceptors (Lipinski definition) is 4. The van der Waals surface area contributed by atoms with Gasteiger partial charge in [-0.15, -0.1) is 0 Å². The Morgan fingerprint density at radius 2 is 1.54 bits per heavy atom. The smallest absolute Gasteiger partial charge is 0.241 e. The van der Waals surface area contributed by atoms with Crippen LogP contribution >= 0.6 is 0 Å². The maximum Gasteiger partial charge on any atom is 0.241 e. The molecular formula is C20H33N3O4S. The highest BCUT2D eigenvalue weighted by molar-refractivity contribution is 7.89. The third kappa shape index (κ3) is 8.84. The first-order valence-corrected chi connectivity index (χ1v) is 11.4. The minimum Gasteiger partial charge on any atom is -0.356 e. The SMILES string of the molecule is CCCCNC(=O)CC[C@H](NS(=O)(=O)c1ccc(C)cc1)C(=O)NCCCC. The lowest BCUT2D eigenvalue weighted by Gasteiger charge is -2.18. The Bertz CT molecular complexity index is 717. The highest BCUT2D eigenvalue weighted by Crippen LogP contribution is 2.12. The summed E-state index contributed by atoms with van der Waals surface area (Å²) >= 11 is 0. The van der Waals surface area contributed by atoms with Crippen LogP contribution in [-0.2, 0) is 19.6 Å². The van der Waals surface area contributed by atoms with Crippen molar-refractivity contribution in [3.8, 4) is 0 Å². The summed E-state index contributed by atoms with van der Waals surface area (Å²) in [6.07, 6.45) is 3.75. The maximum atomic E-state index is 12.7. The molecule has 0 fully saturated rings. The topological polar surface area (TPSA) is 104 Å². The number of rotatable bonds is 13. The number of unbranched alkanes of at least 4 members (excludes halogenated alkanes) is 2. The van der Waals surface area contributed by atoms with Crippen molar-refractivity contribution in [3.05, 3.63) is 29.8 Å². The summed E-state index contributed by atoms with van der Waals surface area (Å²) in [5.41, 5.74) is 0.941. The van der Waals surface area contributed by atoms with Crippen LogP contribution in [0.5, 0.6) is 0 Å². The van der Waals surface area contributed by atoms with Crippen LogP contribution in [0.3, 0.4) is 0 Å². The van der Waals surface area contributed by atoms with Gasteiger partial charge in [0.1, 0.15) is 6.04 Å². The van der Waals surface area contributed by atoms with E-state index in [2.05, 4.69) is 15.4 Å². The Kier molecular flexibility index (Phi) is 10.8. The number of hydrogen-bond donors (Lipinski definition) is 3. The summed E-state index contributed by atoms with van der Waals surface area (Å²) in [7, 11) is -3.86. The van der Waals surface area contributed by atoms with E-state index < -0.39 is 22.0 Å². The van der Waals surface area contributed by atoms with E-state index in [-0.39, 0.29) is 23.6 Å². The van der Waals surface area contributed by atoms with Crippen LogP contribution in [0.2, 0.25) is 0 Å². The summed E-state index contributed by atoms with van der Waals surface area (Å²) in [6, 6.07) is 5.40. The molecule has 0 aromatic heterocycles. The molecule has 28 heavy (non-hydrogen) atoms. The van der Waals surface area contributed by atoms with E-state index in [1.54, 1.807) is 12.1 Å². The van der Waals surface area contributed by atoms with Gasteiger partial charge in [0, 0.05) is 19.5 Å². The fourth-order valence-electron chi connectivity index (χ4n) is 2.50. The van der Waals surface area contributed by atoms with Gasteiger partial charge in [-0.05, 0) is 38.3 Å². The molecule has 158 valence electrons. The molecule has 0 unspecified atom stereocenters. The van der Waals surface area contributed by atoms with Gasteiger partial charge < -0.3 is 10.6 Å². The van der Waals surface area contributed by atoms with Crippen molar-refractivity contribution in [1.29, 1.82) is 0 Å². The van der Waals surface area contributed by atoms with E-state index in [0.29, 0.717) is 13.1 Å². The second-order valence-electron chi connectivity index (χ2n) is 6.87. The fourth-order valence-corrected chi connectivity index (χ4v) is 3.73. The molecule has 0 aliphatic rings. The van der Waals surface area contributed by atoms with E-state index >= 15 is 0 Å². The molecule has 0 saturated heterocycles. The molecule has 0 spiro atoms.